The molecule has 1 fully saturated rings. The lowest BCUT2D eigenvalue weighted by molar-refractivity contribution is 0.217. The van der Waals surface area contributed by atoms with Gasteiger partial charge in [-0.05, 0) is 24.2 Å². The summed E-state index contributed by atoms with van der Waals surface area (Å²) >= 11 is 0. The van der Waals surface area contributed by atoms with E-state index >= 15 is 0 Å². The summed E-state index contributed by atoms with van der Waals surface area (Å²) in [5.41, 5.74) is 0.701. The van der Waals surface area contributed by atoms with Crippen LogP contribution in [0.4, 0.5) is 0 Å². The molecule has 0 saturated heterocycles. The van der Waals surface area contributed by atoms with Gasteiger partial charge in [-0.15, -0.1) is 0 Å². The van der Waals surface area contributed by atoms with Crippen molar-refractivity contribution in [1.29, 1.82) is 0 Å². The summed E-state index contributed by atoms with van der Waals surface area (Å²) in [5.74, 6) is 0.980. The number of rotatable bonds is 6. The van der Waals surface area contributed by atoms with E-state index in [0.29, 0.717) is 5.41 Å². The minimum atomic E-state index is 0.701. The first kappa shape index (κ1) is 12.1. The van der Waals surface area contributed by atoms with Gasteiger partial charge in [0.1, 0.15) is 0 Å². The van der Waals surface area contributed by atoms with Gasteiger partial charge in [0.25, 0.3) is 0 Å². The summed E-state index contributed by atoms with van der Waals surface area (Å²) in [6, 6.07) is 0. The Labute approximate surface area is 90.5 Å². The molecular formula is C14H28. The Morgan fingerprint density at radius 1 is 1.14 bits per heavy atom. The first-order valence-corrected chi connectivity index (χ1v) is 6.69. The van der Waals surface area contributed by atoms with E-state index in [1.807, 2.05) is 0 Å². The average molecular weight is 196 g/mol. The lowest BCUT2D eigenvalue weighted by Gasteiger charge is -2.29. The second-order valence-electron chi connectivity index (χ2n) is 5.61. The molecule has 0 aromatic heterocycles. The van der Waals surface area contributed by atoms with Crippen molar-refractivity contribution >= 4 is 0 Å². The van der Waals surface area contributed by atoms with E-state index in [0.717, 1.165) is 5.92 Å². The van der Waals surface area contributed by atoms with Crippen molar-refractivity contribution in [2.24, 2.45) is 11.3 Å². The van der Waals surface area contributed by atoms with Crippen molar-refractivity contribution in [1.82, 2.24) is 0 Å². The van der Waals surface area contributed by atoms with Gasteiger partial charge in [0.05, 0.1) is 0 Å². The molecule has 0 aliphatic heterocycles. The molecule has 1 saturated carbocycles. The monoisotopic (exact) mass is 196 g/mol. The van der Waals surface area contributed by atoms with Gasteiger partial charge in [-0.3, -0.25) is 0 Å². The fraction of sp³-hybridized carbons (Fsp3) is 1.00. The highest BCUT2D eigenvalue weighted by atomic mass is 14.4. The molecule has 14 heavy (non-hydrogen) atoms. The summed E-state index contributed by atoms with van der Waals surface area (Å²) in [4.78, 5) is 0. The van der Waals surface area contributed by atoms with Gasteiger partial charge < -0.3 is 0 Å². The Bertz CT molecular complexity index is 150. The summed E-state index contributed by atoms with van der Waals surface area (Å²) in [6.07, 6.45) is 13.1. The molecule has 0 aromatic rings. The van der Waals surface area contributed by atoms with Gasteiger partial charge in [0, 0.05) is 0 Å². The SMILES string of the molecule is CCCCCCCC1(C)CCCC1C. The number of unbranched alkanes of at least 4 members (excludes halogenated alkanes) is 4. The molecular weight excluding hydrogens is 168 g/mol. The van der Waals surface area contributed by atoms with Crippen LogP contribution < -0.4 is 0 Å². The summed E-state index contributed by atoms with van der Waals surface area (Å²) < 4.78 is 0. The van der Waals surface area contributed by atoms with Crippen molar-refractivity contribution in [3.63, 3.8) is 0 Å². The molecule has 2 atom stereocenters. The molecule has 0 spiro atoms. The van der Waals surface area contributed by atoms with Crippen molar-refractivity contribution in [2.45, 2.75) is 78.6 Å². The second-order valence-corrected chi connectivity index (χ2v) is 5.61. The number of hydrogen-bond acceptors (Lipinski definition) is 0. The van der Waals surface area contributed by atoms with Crippen molar-refractivity contribution in [3.05, 3.63) is 0 Å². The van der Waals surface area contributed by atoms with Crippen molar-refractivity contribution in [2.75, 3.05) is 0 Å². The predicted octanol–water partition coefficient (Wildman–Crippen LogP) is 5.17. The quantitative estimate of drug-likeness (QED) is 0.514. The Kier molecular flexibility index (Phi) is 4.98. The fourth-order valence-electron chi connectivity index (χ4n) is 2.91. The van der Waals surface area contributed by atoms with E-state index < -0.39 is 0 Å². The lowest BCUT2D eigenvalue weighted by Crippen LogP contribution is -2.19. The molecule has 84 valence electrons. The van der Waals surface area contributed by atoms with E-state index in [2.05, 4.69) is 20.8 Å². The molecule has 0 heteroatoms. The molecule has 0 nitrogen and oxygen atoms in total. The van der Waals surface area contributed by atoms with Gasteiger partial charge in [0.2, 0.25) is 0 Å². The Morgan fingerprint density at radius 2 is 1.86 bits per heavy atom. The molecule has 1 rings (SSSR count). The van der Waals surface area contributed by atoms with E-state index in [1.165, 1.54) is 57.8 Å². The standard InChI is InChI=1S/C14H28/c1-4-5-6-7-8-11-14(3)12-9-10-13(14)2/h13H,4-12H2,1-3H3. The maximum Gasteiger partial charge on any atom is -0.0300 e. The zero-order valence-corrected chi connectivity index (χ0v) is 10.4. The topological polar surface area (TPSA) is 0 Å². The Morgan fingerprint density at radius 3 is 2.43 bits per heavy atom. The first-order valence-electron chi connectivity index (χ1n) is 6.69. The van der Waals surface area contributed by atoms with Crippen LogP contribution >= 0.6 is 0 Å². The second kappa shape index (κ2) is 5.78. The van der Waals surface area contributed by atoms with Gasteiger partial charge in [-0.2, -0.15) is 0 Å². The van der Waals surface area contributed by atoms with E-state index in [9.17, 15) is 0 Å². The predicted molar refractivity (Wildman–Crippen MR) is 64.5 cm³/mol. The zero-order valence-electron chi connectivity index (χ0n) is 10.4. The third-order valence-electron chi connectivity index (χ3n) is 4.43. The third kappa shape index (κ3) is 3.29. The van der Waals surface area contributed by atoms with Crippen LogP contribution in [0.1, 0.15) is 78.6 Å². The van der Waals surface area contributed by atoms with Gasteiger partial charge in [-0.25, -0.2) is 0 Å². The van der Waals surface area contributed by atoms with Gasteiger partial charge >= 0.3 is 0 Å². The van der Waals surface area contributed by atoms with Gasteiger partial charge in [-0.1, -0.05) is 65.7 Å². The van der Waals surface area contributed by atoms with Crippen LogP contribution in [0.3, 0.4) is 0 Å². The van der Waals surface area contributed by atoms with Crippen LogP contribution in [0, 0.1) is 11.3 Å². The molecule has 0 N–H and O–H groups in total. The van der Waals surface area contributed by atoms with Crippen LogP contribution in [-0.2, 0) is 0 Å². The highest BCUT2D eigenvalue weighted by Gasteiger charge is 2.34. The van der Waals surface area contributed by atoms with Gasteiger partial charge in [0.15, 0.2) is 0 Å². The van der Waals surface area contributed by atoms with Crippen LogP contribution in [0.2, 0.25) is 0 Å². The maximum atomic E-state index is 2.52. The molecule has 1 aliphatic carbocycles. The van der Waals surface area contributed by atoms with Crippen LogP contribution in [0.15, 0.2) is 0 Å². The normalized spacial score (nSPS) is 32.4. The molecule has 0 amide bonds. The minimum Gasteiger partial charge on any atom is -0.0654 e. The lowest BCUT2D eigenvalue weighted by atomic mass is 9.76. The van der Waals surface area contributed by atoms with Crippen LogP contribution in [0.5, 0.6) is 0 Å². The van der Waals surface area contributed by atoms with Crippen LogP contribution in [0.25, 0.3) is 0 Å². The highest BCUT2D eigenvalue weighted by molar-refractivity contribution is 4.85. The molecule has 0 aromatic carbocycles. The number of hydrogen-bond donors (Lipinski definition) is 0. The smallest absolute Gasteiger partial charge is 0.0300 e. The van der Waals surface area contributed by atoms with E-state index in [1.54, 1.807) is 0 Å². The molecule has 1 aliphatic rings. The zero-order chi connectivity index (χ0) is 10.4. The molecule has 0 radical (unpaired) electrons. The van der Waals surface area contributed by atoms with Crippen molar-refractivity contribution < 1.29 is 0 Å². The van der Waals surface area contributed by atoms with E-state index in [4.69, 9.17) is 0 Å². The van der Waals surface area contributed by atoms with E-state index in [-0.39, 0.29) is 0 Å². The molecule has 0 heterocycles. The summed E-state index contributed by atoms with van der Waals surface area (Å²) in [5, 5.41) is 0. The summed E-state index contributed by atoms with van der Waals surface area (Å²) in [6.45, 7) is 7.27. The highest BCUT2D eigenvalue weighted by Crippen LogP contribution is 2.46. The molecule has 0 bridgehead atoms. The minimum absolute atomic E-state index is 0.701. The third-order valence-corrected chi connectivity index (χ3v) is 4.43. The Balaban J connectivity index is 2.10. The van der Waals surface area contributed by atoms with Crippen molar-refractivity contribution in [3.8, 4) is 0 Å². The largest absolute Gasteiger partial charge is 0.0654 e. The fourth-order valence-corrected chi connectivity index (χ4v) is 2.91. The Hall–Kier alpha value is 0. The summed E-state index contributed by atoms with van der Waals surface area (Å²) in [7, 11) is 0. The molecule has 2 unspecified atom stereocenters. The van der Waals surface area contributed by atoms with Crippen LogP contribution in [-0.4, -0.2) is 0 Å². The average Bonchev–Trinajstić information content (AvgIpc) is 2.47. The first-order chi connectivity index (χ1) is 6.69. The maximum absolute atomic E-state index is 2.52.